The van der Waals surface area contributed by atoms with Crippen LogP contribution < -0.4 is 15.5 Å². The summed E-state index contributed by atoms with van der Waals surface area (Å²) in [5.41, 5.74) is 1.91. The summed E-state index contributed by atoms with van der Waals surface area (Å²) in [4.78, 5) is 14.3. The van der Waals surface area contributed by atoms with Crippen molar-refractivity contribution in [3.63, 3.8) is 0 Å². The lowest BCUT2D eigenvalue weighted by atomic mass is 10.0. The molecule has 1 fully saturated rings. The minimum atomic E-state index is -0.302. The molecular weight excluding hydrogens is 310 g/mol. The highest BCUT2D eigenvalue weighted by molar-refractivity contribution is 7.19. The Balaban J connectivity index is 1.57. The second kappa shape index (κ2) is 6.95. The van der Waals surface area contributed by atoms with Crippen molar-refractivity contribution in [1.29, 1.82) is 0 Å². The van der Waals surface area contributed by atoms with Crippen molar-refractivity contribution in [2.45, 2.75) is 26.7 Å². The topological polar surface area (TPSA) is 70.1 Å². The molecule has 0 aliphatic carbocycles. The first kappa shape index (κ1) is 15.7. The molecule has 2 amide bonds. The molecule has 0 bridgehead atoms. The summed E-state index contributed by atoms with van der Waals surface area (Å²) in [5.74, 6) is 0.675. The number of piperidine rings is 1. The zero-order chi connectivity index (χ0) is 16.2. The predicted molar refractivity (Wildman–Crippen MR) is 94.3 cm³/mol. The lowest BCUT2D eigenvalue weighted by Gasteiger charge is -2.29. The van der Waals surface area contributed by atoms with E-state index in [0.717, 1.165) is 29.5 Å². The molecule has 0 spiro atoms. The Morgan fingerprint density at radius 2 is 2.04 bits per heavy atom. The van der Waals surface area contributed by atoms with Crippen LogP contribution in [0.15, 0.2) is 24.3 Å². The normalized spacial score (nSPS) is 17.8. The molecule has 2 aromatic rings. The molecule has 2 N–H and O–H groups in total. The van der Waals surface area contributed by atoms with E-state index in [4.69, 9.17) is 0 Å². The highest BCUT2D eigenvalue weighted by Crippen LogP contribution is 2.28. The molecule has 1 aromatic carbocycles. The summed E-state index contributed by atoms with van der Waals surface area (Å²) < 4.78 is 0. The summed E-state index contributed by atoms with van der Waals surface area (Å²) in [6.45, 7) is 6.27. The van der Waals surface area contributed by atoms with Gasteiger partial charge in [-0.3, -0.25) is 5.32 Å². The number of aromatic nitrogens is 2. The van der Waals surface area contributed by atoms with Crippen LogP contribution in [-0.2, 0) is 0 Å². The lowest BCUT2D eigenvalue weighted by Crippen LogP contribution is -2.34. The van der Waals surface area contributed by atoms with Gasteiger partial charge in [-0.25, -0.2) is 4.79 Å². The quantitative estimate of drug-likeness (QED) is 0.899. The zero-order valence-electron chi connectivity index (χ0n) is 13.4. The van der Waals surface area contributed by atoms with E-state index in [2.05, 4.69) is 32.7 Å². The van der Waals surface area contributed by atoms with E-state index < -0.39 is 0 Å². The monoisotopic (exact) mass is 331 g/mol. The average molecular weight is 331 g/mol. The Morgan fingerprint density at radius 3 is 2.78 bits per heavy atom. The molecule has 1 atom stereocenters. The Bertz CT molecular complexity index is 669. The largest absolute Gasteiger partial charge is 0.346 e. The first-order chi connectivity index (χ1) is 11.1. The highest BCUT2D eigenvalue weighted by atomic mass is 32.1. The van der Waals surface area contributed by atoms with Crippen LogP contribution in [0.1, 0.15) is 25.3 Å². The first-order valence-electron chi connectivity index (χ1n) is 7.83. The van der Waals surface area contributed by atoms with Crippen molar-refractivity contribution in [2.24, 2.45) is 5.92 Å². The number of carbonyl (C=O) groups excluding carboxylic acids is 1. The average Bonchev–Trinajstić information content (AvgIpc) is 2.98. The zero-order valence-corrected chi connectivity index (χ0v) is 14.2. The van der Waals surface area contributed by atoms with Crippen LogP contribution >= 0.6 is 11.3 Å². The van der Waals surface area contributed by atoms with Crippen LogP contribution in [0.2, 0.25) is 0 Å². The molecule has 122 valence electrons. The van der Waals surface area contributed by atoms with Crippen LogP contribution in [0.25, 0.3) is 0 Å². The van der Waals surface area contributed by atoms with Crippen molar-refractivity contribution in [3.8, 4) is 0 Å². The third kappa shape index (κ3) is 4.19. The standard InChI is InChI=1S/C16H21N5OS/c1-11-5-7-13(8-6-11)17-14(22)18-15-19-20-16(23-15)21-9-3-4-12(2)10-21/h5-8,12H,3-4,9-10H2,1-2H3,(H2,17,18,19,22)/t12-/m0/s1. The summed E-state index contributed by atoms with van der Waals surface area (Å²) >= 11 is 1.41. The smallest absolute Gasteiger partial charge is 0.325 e. The number of nitrogens with one attached hydrogen (secondary N) is 2. The minimum absolute atomic E-state index is 0.302. The van der Waals surface area contributed by atoms with Crippen molar-refractivity contribution in [2.75, 3.05) is 28.6 Å². The van der Waals surface area contributed by atoms with E-state index >= 15 is 0 Å². The van der Waals surface area contributed by atoms with Crippen molar-refractivity contribution < 1.29 is 4.79 Å². The van der Waals surface area contributed by atoms with Crippen LogP contribution in [0.3, 0.4) is 0 Å². The number of benzene rings is 1. The van der Waals surface area contributed by atoms with Gasteiger partial charge in [-0.15, -0.1) is 10.2 Å². The summed E-state index contributed by atoms with van der Waals surface area (Å²) in [6.07, 6.45) is 2.44. The second-order valence-electron chi connectivity index (χ2n) is 6.03. The van der Waals surface area contributed by atoms with Crippen molar-refractivity contribution in [3.05, 3.63) is 29.8 Å². The molecule has 2 heterocycles. The number of hydrogen-bond donors (Lipinski definition) is 2. The summed E-state index contributed by atoms with van der Waals surface area (Å²) in [6, 6.07) is 7.35. The van der Waals surface area contributed by atoms with E-state index in [1.54, 1.807) is 0 Å². The third-order valence-electron chi connectivity index (χ3n) is 3.87. The number of rotatable bonds is 3. The predicted octanol–water partition coefficient (Wildman–Crippen LogP) is 3.73. The molecule has 7 heteroatoms. The Kier molecular flexibility index (Phi) is 4.76. The van der Waals surface area contributed by atoms with E-state index in [1.807, 2.05) is 31.2 Å². The molecule has 0 unspecified atom stereocenters. The molecule has 0 saturated carbocycles. The number of amides is 2. The maximum atomic E-state index is 12.0. The van der Waals surface area contributed by atoms with Crippen LogP contribution in [0, 0.1) is 12.8 Å². The van der Waals surface area contributed by atoms with Gasteiger partial charge in [-0.2, -0.15) is 0 Å². The molecule has 3 rings (SSSR count). The van der Waals surface area contributed by atoms with Crippen molar-refractivity contribution >= 4 is 33.3 Å². The van der Waals surface area contributed by atoms with Gasteiger partial charge in [0.05, 0.1) is 0 Å². The second-order valence-corrected chi connectivity index (χ2v) is 6.98. The van der Waals surface area contributed by atoms with Gasteiger partial charge in [0.15, 0.2) is 0 Å². The number of nitrogens with zero attached hydrogens (tertiary/aromatic N) is 3. The number of carbonyl (C=O) groups is 1. The van der Waals surface area contributed by atoms with E-state index in [0.29, 0.717) is 11.0 Å². The number of anilines is 3. The van der Waals surface area contributed by atoms with Crippen molar-refractivity contribution in [1.82, 2.24) is 10.2 Å². The van der Waals surface area contributed by atoms with Crippen LogP contribution in [0.5, 0.6) is 0 Å². The van der Waals surface area contributed by atoms with E-state index in [9.17, 15) is 4.79 Å². The van der Waals surface area contributed by atoms with Crippen LogP contribution in [0.4, 0.5) is 20.7 Å². The number of urea groups is 1. The van der Waals surface area contributed by atoms with Gasteiger partial charge in [0.25, 0.3) is 0 Å². The molecule has 1 saturated heterocycles. The van der Waals surface area contributed by atoms with Gasteiger partial charge in [0.1, 0.15) is 0 Å². The van der Waals surface area contributed by atoms with E-state index in [1.165, 1.54) is 24.2 Å². The fourth-order valence-electron chi connectivity index (χ4n) is 2.65. The first-order valence-corrected chi connectivity index (χ1v) is 8.65. The Morgan fingerprint density at radius 1 is 1.26 bits per heavy atom. The SMILES string of the molecule is Cc1ccc(NC(=O)Nc2nnc(N3CCC[C@H](C)C3)s2)cc1. The van der Waals surface area contributed by atoms with Gasteiger partial charge in [-0.1, -0.05) is 36.0 Å². The van der Waals surface area contributed by atoms with Gasteiger partial charge >= 0.3 is 6.03 Å². The lowest BCUT2D eigenvalue weighted by molar-refractivity contribution is 0.262. The number of aryl methyl sites for hydroxylation is 1. The van der Waals surface area contributed by atoms with Gasteiger partial charge < -0.3 is 10.2 Å². The Labute approximate surface area is 139 Å². The molecule has 1 aliphatic rings. The van der Waals surface area contributed by atoms with Crippen LogP contribution in [-0.4, -0.2) is 29.3 Å². The summed E-state index contributed by atoms with van der Waals surface area (Å²) in [7, 11) is 0. The van der Waals surface area contributed by atoms with Gasteiger partial charge in [0, 0.05) is 18.8 Å². The third-order valence-corrected chi connectivity index (χ3v) is 4.77. The fraction of sp³-hybridized carbons (Fsp3) is 0.438. The van der Waals surface area contributed by atoms with E-state index in [-0.39, 0.29) is 6.03 Å². The maximum Gasteiger partial charge on any atom is 0.325 e. The maximum absolute atomic E-state index is 12.0. The fourth-order valence-corrected chi connectivity index (χ4v) is 3.43. The molecule has 0 radical (unpaired) electrons. The van der Waals surface area contributed by atoms with Gasteiger partial charge in [-0.05, 0) is 37.8 Å². The molecular formula is C16H21N5OS. The minimum Gasteiger partial charge on any atom is -0.346 e. The molecule has 23 heavy (non-hydrogen) atoms. The molecule has 1 aromatic heterocycles. The molecule has 6 nitrogen and oxygen atoms in total. The Hall–Kier alpha value is -2.15. The molecule has 1 aliphatic heterocycles. The summed E-state index contributed by atoms with van der Waals surface area (Å²) in [5, 5.41) is 15.2. The highest BCUT2D eigenvalue weighted by Gasteiger charge is 2.20. The van der Waals surface area contributed by atoms with Gasteiger partial charge in [0.2, 0.25) is 10.3 Å². The number of hydrogen-bond acceptors (Lipinski definition) is 5.